The van der Waals surface area contributed by atoms with E-state index in [9.17, 15) is 5.11 Å². The Labute approximate surface area is 80.8 Å². The highest BCUT2D eigenvalue weighted by molar-refractivity contribution is 6.23. The third-order valence-electron chi connectivity index (χ3n) is 2.00. The van der Waals surface area contributed by atoms with Crippen molar-refractivity contribution in [2.45, 2.75) is 11.5 Å². The minimum atomic E-state index is -1.02. The minimum absolute atomic E-state index is 0.128. The summed E-state index contributed by atoms with van der Waals surface area (Å²) in [6.07, 6.45) is 0.534. The number of benzene rings is 1. The van der Waals surface area contributed by atoms with Crippen LogP contribution in [0.3, 0.4) is 0 Å². The molecule has 1 aromatic carbocycles. The molecule has 1 aliphatic heterocycles. The van der Waals surface area contributed by atoms with Gasteiger partial charge >= 0.3 is 0 Å². The summed E-state index contributed by atoms with van der Waals surface area (Å²) in [5.41, 5.74) is 0.550. The summed E-state index contributed by atoms with van der Waals surface area (Å²) in [7, 11) is 0. The number of hydrogen-bond donors (Lipinski definition) is 1. The van der Waals surface area contributed by atoms with Gasteiger partial charge in [0.15, 0.2) is 0 Å². The van der Waals surface area contributed by atoms with E-state index in [4.69, 9.17) is 21.4 Å². The fraction of sp³-hybridized carbons (Fsp3) is 0.333. The van der Waals surface area contributed by atoms with Gasteiger partial charge in [-0.1, -0.05) is 29.8 Å². The van der Waals surface area contributed by atoms with E-state index in [0.29, 0.717) is 18.6 Å². The van der Waals surface area contributed by atoms with Gasteiger partial charge in [0.1, 0.15) is 5.75 Å². The number of hydrogen-bond acceptors (Lipinski definition) is 3. The summed E-state index contributed by atoms with van der Waals surface area (Å²) in [6.45, 7) is 0.442. The first-order valence-corrected chi connectivity index (χ1v) is 4.38. The van der Waals surface area contributed by atoms with E-state index in [-0.39, 0.29) is 5.75 Å². The Bertz CT molecular complexity index is 307. The number of halogens is 1. The number of phenolic OH excluding ortho intramolecular Hbond substituents is 1. The Morgan fingerprint density at radius 2 is 2.15 bits per heavy atom. The second kappa shape index (κ2) is 3.18. The molecule has 13 heavy (non-hydrogen) atoms. The van der Waals surface area contributed by atoms with E-state index in [1.807, 2.05) is 0 Å². The number of phenols is 1. The molecule has 1 N–H and O–H groups in total. The molecule has 0 aromatic heterocycles. The average molecular weight is 201 g/mol. The van der Waals surface area contributed by atoms with E-state index in [1.54, 1.807) is 24.3 Å². The smallest absolute Gasteiger partial charge is 0.207 e. The van der Waals surface area contributed by atoms with Crippen LogP contribution in [-0.2, 0) is 14.8 Å². The van der Waals surface area contributed by atoms with Gasteiger partial charge in [0.05, 0.1) is 6.61 Å². The standard InChI is InChI=1S/C9H9ClO3/c10-9(5-6-12-13-9)7-3-1-2-4-8(7)11/h1-4,11H,5-6H2. The van der Waals surface area contributed by atoms with Crippen molar-refractivity contribution in [2.24, 2.45) is 0 Å². The second-order valence-corrected chi connectivity index (χ2v) is 3.51. The number of rotatable bonds is 1. The lowest BCUT2D eigenvalue weighted by molar-refractivity contribution is -0.290. The highest BCUT2D eigenvalue weighted by Gasteiger charge is 2.38. The van der Waals surface area contributed by atoms with Crippen molar-refractivity contribution in [3.8, 4) is 5.75 Å². The molecule has 0 saturated carbocycles. The molecular formula is C9H9ClO3. The first kappa shape index (κ1) is 8.81. The maximum absolute atomic E-state index is 9.52. The molecule has 4 heteroatoms. The van der Waals surface area contributed by atoms with Gasteiger partial charge in [-0.2, -0.15) is 0 Å². The van der Waals surface area contributed by atoms with Crippen molar-refractivity contribution in [1.82, 2.24) is 0 Å². The highest BCUT2D eigenvalue weighted by Crippen LogP contribution is 2.42. The molecule has 0 amide bonds. The van der Waals surface area contributed by atoms with Crippen LogP contribution < -0.4 is 0 Å². The molecule has 3 nitrogen and oxygen atoms in total. The van der Waals surface area contributed by atoms with Crippen LogP contribution in [0.1, 0.15) is 12.0 Å². The van der Waals surface area contributed by atoms with Gasteiger partial charge in [-0.25, -0.2) is 9.78 Å². The molecule has 70 valence electrons. The highest BCUT2D eigenvalue weighted by atomic mass is 35.5. The Kier molecular flexibility index (Phi) is 2.15. The molecule has 0 spiro atoms. The number of para-hydroxylation sites is 1. The van der Waals surface area contributed by atoms with Gasteiger partial charge in [0, 0.05) is 12.0 Å². The quantitative estimate of drug-likeness (QED) is 0.558. The molecule has 0 bridgehead atoms. The van der Waals surface area contributed by atoms with E-state index in [1.165, 1.54) is 0 Å². The molecule has 1 saturated heterocycles. The molecule has 1 aromatic rings. The lowest BCUT2D eigenvalue weighted by Crippen LogP contribution is -2.16. The van der Waals surface area contributed by atoms with Crippen molar-refractivity contribution < 1.29 is 14.9 Å². The number of alkyl halides is 1. The summed E-state index contributed by atoms with van der Waals surface area (Å²) in [4.78, 5) is 9.64. The van der Waals surface area contributed by atoms with Crippen molar-refractivity contribution in [3.05, 3.63) is 29.8 Å². The Morgan fingerprint density at radius 1 is 1.38 bits per heavy atom. The summed E-state index contributed by atoms with van der Waals surface area (Å²) in [5, 5.41) is 8.49. The average Bonchev–Trinajstić information content (AvgIpc) is 2.54. The third-order valence-corrected chi connectivity index (χ3v) is 2.46. The topological polar surface area (TPSA) is 38.7 Å². The van der Waals surface area contributed by atoms with Crippen LogP contribution in [-0.4, -0.2) is 11.7 Å². The van der Waals surface area contributed by atoms with E-state index in [2.05, 4.69) is 0 Å². The third kappa shape index (κ3) is 1.50. The zero-order valence-corrected chi connectivity index (χ0v) is 7.62. The van der Waals surface area contributed by atoms with Crippen LogP contribution in [0.2, 0.25) is 0 Å². The summed E-state index contributed by atoms with van der Waals surface area (Å²) < 4.78 is 0. The largest absolute Gasteiger partial charge is 0.508 e. The maximum Gasteiger partial charge on any atom is 0.207 e. The summed E-state index contributed by atoms with van der Waals surface area (Å²) in [6, 6.07) is 6.81. The fourth-order valence-corrected chi connectivity index (χ4v) is 1.60. The van der Waals surface area contributed by atoms with Crippen LogP contribution in [0.4, 0.5) is 0 Å². The van der Waals surface area contributed by atoms with Gasteiger partial charge < -0.3 is 5.11 Å². The predicted molar refractivity (Wildman–Crippen MR) is 47.3 cm³/mol. The first-order chi connectivity index (χ1) is 6.22. The van der Waals surface area contributed by atoms with Gasteiger partial charge in [-0.15, -0.1) is 0 Å². The van der Waals surface area contributed by atoms with Crippen LogP contribution in [0, 0.1) is 0 Å². The normalized spacial score (nSPS) is 27.8. The Hall–Kier alpha value is -0.770. The van der Waals surface area contributed by atoms with Crippen LogP contribution >= 0.6 is 11.6 Å². The molecule has 0 radical (unpaired) electrons. The van der Waals surface area contributed by atoms with Gasteiger partial charge in [-0.05, 0) is 6.07 Å². The fourth-order valence-electron chi connectivity index (χ4n) is 1.32. The molecule has 1 aliphatic rings. The molecule has 1 unspecified atom stereocenters. The lowest BCUT2D eigenvalue weighted by atomic mass is 10.1. The van der Waals surface area contributed by atoms with Crippen LogP contribution in [0.25, 0.3) is 0 Å². The molecular weight excluding hydrogens is 192 g/mol. The van der Waals surface area contributed by atoms with Gasteiger partial charge in [0.2, 0.25) is 5.06 Å². The molecule has 1 atom stereocenters. The zero-order valence-electron chi connectivity index (χ0n) is 6.87. The summed E-state index contributed by atoms with van der Waals surface area (Å²) >= 11 is 6.09. The van der Waals surface area contributed by atoms with Gasteiger partial charge in [0.25, 0.3) is 0 Å². The first-order valence-electron chi connectivity index (χ1n) is 4.00. The van der Waals surface area contributed by atoms with Crippen molar-refractivity contribution in [3.63, 3.8) is 0 Å². The number of aromatic hydroxyl groups is 1. The molecule has 1 fully saturated rings. The molecule has 1 heterocycles. The summed E-state index contributed by atoms with van der Waals surface area (Å²) in [5.74, 6) is 0.128. The zero-order chi connectivity index (χ0) is 9.31. The predicted octanol–water partition coefficient (Wildman–Crippen LogP) is 2.14. The molecule has 0 aliphatic carbocycles. The van der Waals surface area contributed by atoms with E-state index in [0.717, 1.165) is 0 Å². The van der Waals surface area contributed by atoms with E-state index < -0.39 is 5.06 Å². The van der Waals surface area contributed by atoms with Crippen molar-refractivity contribution in [2.75, 3.05) is 6.61 Å². The monoisotopic (exact) mass is 200 g/mol. The maximum atomic E-state index is 9.52. The van der Waals surface area contributed by atoms with E-state index >= 15 is 0 Å². The minimum Gasteiger partial charge on any atom is -0.508 e. The van der Waals surface area contributed by atoms with Crippen molar-refractivity contribution >= 4 is 11.6 Å². The van der Waals surface area contributed by atoms with Crippen LogP contribution in [0.5, 0.6) is 5.75 Å². The second-order valence-electron chi connectivity index (χ2n) is 2.90. The van der Waals surface area contributed by atoms with Crippen LogP contribution in [0.15, 0.2) is 24.3 Å². The molecule has 2 rings (SSSR count). The lowest BCUT2D eigenvalue weighted by Gasteiger charge is -2.18. The van der Waals surface area contributed by atoms with Gasteiger partial charge in [-0.3, -0.25) is 0 Å². The SMILES string of the molecule is Oc1ccccc1C1(Cl)CCOO1. The Balaban J connectivity index is 2.39. The van der Waals surface area contributed by atoms with Crippen molar-refractivity contribution in [1.29, 1.82) is 0 Å². The Morgan fingerprint density at radius 3 is 2.77 bits per heavy atom.